The van der Waals surface area contributed by atoms with E-state index in [9.17, 15) is 13.2 Å². The van der Waals surface area contributed by atoms with E-state index < -0.39 is 10.0 Å². The highest BCUT2D eigenvalue weighted by molar-refractivity contribution is 7.92. The Hall–Kier alpha value is -3.24. The van der Waals surface area contributed by atoms with E-state index in [-0.39, 0.29) is 17.1 Å². The zero-order chi connectivity index (χ0) is 20.4. The number of fused-ring (bicyclic) bond motifs is 1. The van der Waals surface area contributed by atoms with Gasteiger partial charge in [0.25, 0.3) is 15.6 Å². The smallest absolute Gasteiger partial charge is 0.275 e. The van der Waals surface area contributed by atoms with Gasteiger partial charge in [-0.15, -0.1) is 0 Å². The van der Waals surface area contributed by atoms with Crippen LogP contribution in [0.15, 0.2) is 70.4 Å². The summed E-state index contributed by atoms with van der Waals surface area (Å²) in [5.41, 5.74) is 0.559. The predicted octanol–water partition coefficient (Wildman–Crippen LogP) is 2.84. The molecule has 8 nitrogen and oxygen atoms in total. The van der Waals surface area contributed by atoms with Gasteiger partial charge in [-0.25, -0.2) is 13.4 Å². The predicted molar refractivity (Wildman–Crippen MR) is 110 cm³/mol. The summed E-state index contributed by atoms with van der Waals surface area (Å²) in [5.74, 6) is 0.445. The maximum atomic E-state index is 12.5. The molecule has 0 aliphatic rings. The Morgan fingerprint density at radius 2 is 1.90 bits per heavy atom. The van der Waals surface area contributed by atoms with Gasteiger partial charge in [-0.1, -0.05) is 35.6 Å². The zero-order valence-electron chi connectivity index (χ0n) is 15.3. The van der Waals surface area contributed by atoms with E-state index in [1.165, 1.54) is 34.1 Å². The Balaban J connectivity index is 1.50. The molecule has 0 saturated carbocycles. The molecule has 2 heterocycles. The van der Waals surface area contributed by atoms with Crippen molar-refractivity contribution in [2.75, 3.05) is 4.72 Å². The molecule has 4 aromatic rings. The van der Waals surface area contributed by atoms with Crippen LogP contribution in [0.5, 0.6) is 5.75 Å². The van der Waals surface area contributed by atoms with Crippen LogP contribution in [0.4, 0.5) is 5.69 Å². The third-order valence-corrected chi connectivity index (χ3v) is 6.15. The van der Waals surface area contributed by atoms with Gasteiger partial charge in [0.05, 0.1) is 16.3 Å². The SMILES string of the molecule is Cc1nn2c(=O)cc(COc3cccc(NS(=O)(=O)c4ccccc4)c3)nc2s1. The number of aromatic nitrogens is 3. The molecule has 2 aromatic heterocycles. The first-order valence-electron chi connectivity index (χ1n) is 8.58. The number of benzene rings is 2. The Kier molecular flexibility index (Phi) is 5.03. The summed E-state index contributed by atoms with van der Waals surface area (Å²) in [6.45, 7) is 1.87. The quantitative estimate of drug-likeness (QED) is 0.507. The first kappa shape index (κ1) is 19.1. The molecule has 0 atom stereocenters. The Morgan fingerprint density at radius 1 is 1.10 bits per heavy atom. The number of nitrogens with one attached hydrogen (secondary N) is 1. The van der Waals surface area contributed by atoms with E-state index in [0.717, 1.165) is 5.01 Å². The first-order valence-corrected chi connectivity index (χ1v) is 10.9. The highest BCUT2D eigenvalue weighted by Gasteiger charge is 2.14. The molecule has 0 spiro atoms. The standard InChI is InChI=1S/C19H16N4O4S2/c1-13-21-23-18(24)11-15(20-19(23)28-13)12-27-16-7-5-6-14(10-16)22-29(25,26)17-8-3-2-4-9-17/h2-11,22H,12H2,1H3. The molecule has 148 valence electrons. The van der Waals surface area contributed by atoms with Crippen molar-refractivity contribution < 1.29 is 13.2 Å². The van der Waals surface area contributed by atoms with Crippen LogP contribution in [0.2, 0.25) is 0 Å². The molecular weight excluding hydrogens is 412 g/mol. The Morgan fingerprint density at radius 3 is 2.69 bits per heavy atom. The van der Waals surface area contributed by atoms with Gasteiger partial charge < -0.3 is 4.74 Å². The number of rotatable bonds is 6. The molecule has 0 fully saturated rings. The summed E-state index contributed by atoms with van der Waals surface area (Å²) in [7, 11) is -3.69. The lowest BCUT2D eigenvalue weighted by molar-refractivity contribution is 0.301. The summed E-state index contributed by atoms with van der Waals surface area (Å²) < 4.78 is 34.4. The van der Waals surface area contributed by atoms with Crippen molar-refractivity contribution in [3.63, 3.8) is 0 Å². The summed E-state index contributed by atoms with van der Waals surface area (Å²) in [5, 5.41) is 4.84. The lowest BCUT2D eigenvalue weighted by atomic mass is 10.3. The van der Waals surface area contributed by atoms with E-state index in [1.807, 2.05) is 0 Å². The van der Waals surface area contributed by atoms with Crippen molar-refractivity contribution in [1.82, 2.24) is 14.6 Å². The number of aryl methyl sites for hydroxylation is 1. The minimum atomic E-state index is -3.69. The van der Waals surface area contributed by atoms with Crippen molar-refractivity contribution in [1.29, 1.82) is 0 Å². The average molecular weight is 428 g/mol. The van der Waals surface area contributed by atoms with Gasteiger partial charge in [-0.05, 0) is 31.2 Å². The van der Waals surface area contributed by atoms with Gasteiger partial charge in [-0.3, -0.25) is 9.52 Å². The number of anilines is 1. The second-order valence-corrected chi connectivity index (χ2v) is 8.98. The van der Waals surface area contributed by atoms with Crippen molar-refractivity contribution in [3.8, 4) is 5.75 Å². The molecule has 4 rings (SSSR count). The van der Waals surface area contributed by atoms with Crippen molar-refractivity contribution in [2.45, 2.75) is 18.4 Å². The Bertz CT molecular complexity index is 1330. The summed E-state index contributed by atoms with van der Waals surface area (Å²) >= 11 is 1.32. The molecular formula is C19H16N4O4S2. The highest BCUT2D eigenvalue weighted by Crippen LogP contribution is 2.21. The van der Waals surface area contributed by atoms with E-state index >= 15 is 0 Å². The second-order valence-electron chi connectivity index (χ2n) is 6.14. The van der Waals surface area contributed by atoms with E-state index in [0.29, 0.717) is 22.1 Å². The minimum Gasteiger partial charge on any atom is -0.487 e. The molecule has 0 saturated heterocycles. The second kappa shape index (κ2) is 7.64. The molecule has 1 N–H and O–H groups in total. The monoisotopic (exact) mass is 428 g/mol. The number of hydrogen-bond donors (Lipinski definition) is 1. The highest BCUT2D eigenvalue weighted by atomic mass is 32.2. The third kappa shape index (κ3) is 4.28. The van der Waals surface area contributed by atoms with E-state index in [2.05, 4.69) is 14.8 Å². The van der Waals surface area contributed by atoms with Crippen LogP contribution >= 0.6 is 11.3 Å². The van der Waals surface area contributed by atoms with Gasteiger partial charge in [0.15, 0.2) is 0 Å². The first-order chi connectivity index (χ1) is 13.9. The van der Waals surface area contributed by atoms with Gasteiger partial charge >= 0.3 is 0 Å². The lowest BCUT2D eigenvalue weighted by Gasteiger charge is -2.10. The van der Waals surface area contributed by atoms with Crippen LogP contribution in [-0.4, -0.2) is 23.0 Å². The Labute approximate surface area is 170 Å². The van der Waals surface area contributed by atoms with Gasteiger partial charge in [-0.2, -0.15) is 9.61 Å². The molecule has 0 unspecified atom stereocenters. The third-order valence-electron chi connectivity index (χ3n) is 3.93. The van der Waals surface area contributed by atoms with Gasteiger partial charge in [0.2, 0.25) is 4.96 Å². The summed E-state index contributed by atoms with van der Waals surface area (Å²) in [6.07, 6.45) is 0. The van der Waals surface area contributed by atoms with E-state index in [4.69, 9.17) is 4.74 Å². The van der Waals surface area contributed by atoms with Crippen LogP contribution in [0.1, 0.15) is 10.7 Å². The lowest BCUT2D eigenvalue weighted by Crippen LogP contribution is -2.16. The molecule has 0 bridgehead atoms. The number of hydrogen-bond acceptors (Lipinski definition) is 7. The van der Waals surface area contributed by atoms with Crippen LogP contribution in [0.25, 0.3) is 4.96 Å². The molecule has 10 heteroatoms. The van der Waals surface area contributed by atoms with Crippen molar-refractivity contribution in [3.05, 3.63) is 81.7 Å². The van der Waals surface area contributed by atoms with Gasteiger partial charge in [0, 0.05) is 12.1 Å². The molecule has 2 aromatic carbocycles. The van der Waals surface area contributed by atoms with Crippen LogP contribution in [0.3, 0.4) is 0 Å². The van der Waals surface area contributed by atoms with E-state index in [1.54, 1.807) is 49.4 Å². The molecule has 0 amide bonds. The largest absolute Gasteiger partial charge is 0.487 e. The fourth-order valence-electron chi connectivity index (χ4n) is 2.65. The molecule has 29 heavy (non-hydrogen) atoms. The zero-order valence-corrected chi connectivity index (χ0v) is 16.9. The number of sulfonamides is 1. The van der Waals surface area contributed by atoms with Crippen LogP contribution < -0.4 is 15.0 Å². The summed E-state index contributed by atoms with van der Waals surface area (Å²) in [4.78, 5) is 17.1. The van der Waals surface area contributed by atoms with Crippen LogP contribution in [-0.2, 0) is 16.6 Å². The topological polar surface area (TPSA) is 103 Å². The van der Waals surface area contributed by atoms with Crippen molar-refractivity contribution in [2.24, 2.45) is 0 Å². The fraction of sp³-hybridized carbons (Fsp3) is 0.105. The normalized spacial score (nSPS) is 11.5. The number of nitrogens with zero attached hydrogens (tertiary/aromatic N) is 3. The maximum Gasteiger partial charge on any atom is 0.275 e. The fourth-order valence-corrected chi connectivity index (χ4v) is 4.48. The number of ether oxygens (including phenoxy) is 1. The van der Waals surface area contributed by atoms with Gasteiger partial charge in [0.1, 0.15) is 17.4 Å². The van der Waals surface area contributed by atoms with Crippen LogP contribution in [0, 0.1) is 6.92 Å². The maximum absolute atomic E-state index is 12.5. The molecule has 0 radical (unpaired) electrons. The molecule has 0 aliphatic heterocycles. The van der Waals surface area contributed by atoms with Crippen molar-refractivity contribution >= 4 is 32.0 Å². The summed E-state index contributed by atoms with van der Waals surface area (Å²) in [6, 6.07) is 16.0. The molecule has 0 aliphatic carbocycles. The minimum absolute atomic E-state index is 0.0670. The average Bonchev–Trinajstić information content (AvgIpc) is 3.08.